The molecule has 0 atom stereocenters. The largest absolute Gasteiger partial charge is 0.759 e. The minimum atomic E-state index is -5.17. The maximum Gasteiger partial charge on any atom is 0.0311 e. The molecule has 0 bridgehead atoms. The molecule has 5 nitrogen and oxygen atoms in total. The normalized spacial score (nSPS) is 8.29. The van der Waals surface area contributed by atoms with Crippen LogP contribution >= 0.6 is 0 Å². The van der Waals surface area contributed by atoms with Gasteiger partial charge in [-0.3, -0.25) is 8.42 Å². The summed E-state index contributed by atoms with van der Waals surface area (Å²) in [5, 5.41) is 0. The van der Waals surface area contributed by atoms with Crippen molar-refractivity contribution in [1.82, 2.24) is 6.15 Å². The molecule has 0 saturated heterocycles. The fraction of sp³-hybridized carbons (Fsp3) is 0. The molecule has 0 aliphatic heterocycles. The second-order valence-electron chi connectivity index (χ2n) is 0.408. The molecule has 0 aliphatic rings. The Morgan fingerprint density at radius 2 is 1.14 bits per heavy atom. The Labute approximate surface area is 55.5 Å². The molecule has 0 heterocycles. The van der Waals surface area contributed by atoms with Gasteiger partial charge in [0.1, 0.15) is 0 Å². The predicted octanol–water partition coefficient (Wildman–Crippen LogP) is -0.964. The average Bonchev–Trinajstić information content (AvgIpc) is 0.722. The van der Waals surface area contributed by atoms with E-state index >= 15 is 0 Å². The number of hydrogen-bond acceptors (Lipinski definition) is 4. The van der Waals surface area contributed by atoms with E-state index in [1.807, 2.05) is 0 Å². The van der Waals surface area contributed by atoms with Crippen molar-refractivity contribution in [1.29, 1.82) is 0 Å². The van der Waals surface area contributed by atoms with Crippen LogP contribution in [-0.2, 0) is 31.5 Å². The van der Waals surface area contributed by atoms with Crippen LogP contribution in [0, 0.1) is 0 Å². The third kappa shape index (κ3) is 495. The van der Waals surface area contributed by atoms with Crippen molar-refractivity contribution in [2.75, 3.05) is 0 Å². The van der Waals surface area contributed by atoms with Crippen LogP contribution in [-0.4, -0.2) is 17.5 Å². The van der Waals surface area contributed by atoms with Crippen molar-refractivity contribution in [2.45, 2.75) is 0 Å². The number of hydrogen-bond donors (Lipinski definition) is 1. The topological polar surface area (TPSA) is 117 Å². The molecule has 0 saturated carbocycles. The van der Waals surface area contributed by atoms with Gasteiger partial charge in [0.25, 0.3) is 0 Å². The molecule has 0 amide bonds. The zero-order valence-corrected chi connectivity index (χ0v) is 7.20. The van der Waals surface area contributed by atoms with Crippen LogP contribution in [0.15, 0.2) is 0 Å². The second kappa shape index (κ2) is 4.67. The smallest absolute Gasteiger partial charge is 0.0311 e. The minimum absolute atomic E-state index is 0. The number of rotatable bonds is 0. The fourth-order valence-corrected chi connectivity index (χ4v) is 0. The van der Waals surface area contributed by atoms with Gasteiger partial charge in [0.15, 0.2) is 0 Å². The Morgan fingerprint density at radius 3 is 1.14 bits per heavy atom. The van der Waals surface area contributed by atoms with Gasteiger partial charge < -0.3 is 15.3 Å². The predicted molar refractivity (Wildman–Crippen MR) is 16.5 cm³/mol. The van der Waals surface area contributed by atoms with Gasteiger partial charge in [-0.25, -0.2) is 0 Å². The van der Waals surface area contributed by atoms with Crippen molar-refractivity contribution in [3.05, 3.63) is 0 Å². The first kappa shape index (κ1) is 15.6. The summed E-state index contributed by atoms with van der Waals surface area (Å²) in [6.07, 6.45) is 0. The van der Waals surface area contributed by atoms with E-state index in [1.54, 1.807) is 0 Å². The fourth-order valence-electron chi connectivity index (χ4n) is 0. The van der Waals surface area contributed by atoms with Crippen LogP contribution < -0.4 is 6.15 Å². The van der Waals surface area contributed by atoms with E-state index in [4.69, 9.17) is 17.5 Å². The van der Waals surface area contributed by atoms with Crippen LogP contribution in [0.2, 0.25) is 0 Å². The Balaban J connectivity index is -0.0000000800. The zero-order valence-electron chi connectivity index (χ0n) is 3.45. The summed E-state index contributed by atoms with van der Waals surface area (Å²) >= 11 is 0. The van der Waals surface area contributed by atoms with E-state index in [0.717, 1.165) is 0 Å². The van der Waals surface area contributed by atoms with E-state index in [0.29, 0.717) is 0 Å². The van der Waals surface area contributed by atoms with Crippen molar-refractivity contribution >= 4 is 10.4 Å². The number of quaternary nitrogens is 1. The van der Waals surface area contributed by atoms with Crippen molar-refractivity contribution < 1.29 is 38.6 Å². The van der Waals surface area contributed by atoms with Gasteiger partial charge in [-0.1, -0.05) is 0 Å². The van der Waals surface area contributed by atoms with Gasteiger partial charge >= 0.3 is 0 Å². The molecule has 7 heteroatoms. The van der Waals surface area contributed by atoms with Crippen LogP contribution in [0.25, 0.3) is 0 Å². The quantitative estimate of drug-likeness (QED) is 0.457. The summed E-state index contributed by atoms with van der Waals surface area (Å²) in [5.41, 5.74) is 0. The molecular formula is H4NO4SW-. The monoisotopic (exact) mass is 298 g/mol. The Hall–Kier alpha value is 0.518. The van der Waals surface area contributed by atoms with Crippen molar-refractivity contribution in [3.63, 3.8) is 0 Å². The first-order valence-electron chi connectivity index (χ1n) is 0.667. The summed E-state index contributed by atoms with van der Waals surface area (Å²) in [6.45, 7) is 0. The second-order valence-corrected chi connectivity index (χ2v) is 1.22. The first-order valence-corrected chi connectivity index (χ1v) is 2.00. The summed E-state index contributed by atoms with van der Waals surface area (Å²) in [6, 6.07) is 0. The standard InChI is InChI=1S/H3N.H2O4S.W/c;1-5(2,3)4;/h1H3;(H2,1,2,3,4);/p-1. The summed E-state index contributed by atoms with van der Waals surface area (Å²) in [7, 11) is -5.17. The molecule has 0 aromatic rings. The molecule has 0 unspecified atom stereocenters. The Bertz CT molecular complexity index is 94.9. The van der Waals surface area contributed by atoms with E-state index in [2.05, 4.69) is 0 Å². The van der Waals surface area contributed by atoms with E-state index in [1.165, 1.54) is 0 Å². The Morgan fingerprint density at radius 1 is 1.14 bits per heavy atom. The van der Waals surface area contributed by atoms with Crippen LogP contribution in [0.5, 0.6) is 0 Å². The Kier molecular flexibility index (Phi) is 10.4. The molecule has 46 valence electrons. The van der Waals surface area contributed by atoms with Gasteiger partial charge in [-0.05, 0) is 0 Å². The van der Waals surface area contributed by atoms with Gasteiger partial charge in [-0.2, -0.15) is 0 Å². The molecule has 4 N–H and O–H groups in total. The van der Waals surface area contributed by atoms with Crippen molar-refractivity contribution in [3.8, 4) is 0 Å². The van der Waals surface area contributed by atoms with Crippen LogP contribution in [0.1, 0.15) is 0 Å². The third-order valence-electron chi connectivity index (χ3n) is 0. The maximum atomic E-state index is 8.52. The summed E-state index contributed by atoms with van der Waals surface area (Å²) < 4.78 is 34.1. The molecule has 0 aliphatic carbocycles. The maximum absolute atomic E-state index is 8.52. The van der Waals surface area contributed by atoms with E-state index < -0.39 is 10.4 Å². The van der Waals surface area contributed by atoms with E-state index in [-0.39, 0.29) is 27.2 Å². The van der Waals surface area contributed by atoms with Gasteiger partial charge in [0.2, 0.25) is 0 Å². The molecule has 0 rings (SSSR count). The summed E-state index contributed by atoms with van der Waals surface area (Å²) in [4.78, 5) is 0. The molecule has 0 aromatic carbocycles. The zero-order chi connectivity index (χ0) is 4.50. The van der Waals surface area contributed by atoms with Gasteiger partial charge in [0, 0.05) is 31.5 Å². The first-order chi connectivity index (χ1) is 2.00. The molecule has 0 fully saturated rings. The molecular weight excluding hydrogens is 294 g/mol. The van der Waals surface area contributed by atoms with E-state index in [9.17, 15) is 0 Å². The van der Waals surface area contributed by atoms with Gasteiger partial charge in [-0.15, -0.1) is 0 Å². The van der Waals surface area contributed by atoms with Gasteiger partial charge in [0.05, 0.1) is 0 Å². The van der Waals surface area contributed by atoms with Crippen LogP contribution in [0.3, 0.4) is 0 Å². The molecule has 0 radical (unpaired) electrons. The molecule has 7 heavy (non-hydrogen) atoms. The van der Waals surface area contributed by atoms with Crippen LogP contribution in [0.4, 0.5) is 0 Å². The van der Waals surface area contributed by atoms with Crippen molar-refractivity contribution in [2.24, 2.45) is 0 Å². The SMILES string of the molecule is O=S(=O)([O-])[O-].[NH4+].[W]. The third-order valence-corrected chi connectivity index (χ3v) is 0. The summed E-state index contributed by atoms with van der Waals surface area (Å²) in [5.74, 6) is 0. The molecule has 0 aromatic heterocycles. The minimum Gasteiger partial charge on any atom is -0.759 e. The average molecular weight is 298 g/mol. The molecule has 0 spiro atoms.